The summed E-state index contributed by atoms with van der Waals surface area (Å²) in [6.07, 6.45) is 10.1. The number of benzene rings is 1. The van der Waals surface area contributed by atoms with Crippen molar-refractivity contribution in [2.24, 2.45) is 0 Å². The van der Waals surface area contributed by atoms with Gasteiger partial charge in [0.15, 0.2) is 5.65 Å². The van der Waals surface area contributed by atoms with E-state index in [1.807, 2.05) is 39.0 Å². The van der Waals surface area contributed by atoms with Crippen LogP contribution < -0.4 is 10.7 Å². The first kappa shape index (κ1) is 30.7. The van der Waals surface area contributed by atoms with Gasteiger partial charge < -0.3 is 30.3 Å². The van der Waals surface area contributed by atoms with Gasteiger partial charge in [-0.2, -0.15) is 4.98 Å². The normalized spacial score (nSPS) is 20.8. The van der Waals surface area contributed by atoms with Gasteiger partial charge >= 0.3 is 6.03 Å². The van der Waals surface area contributed by atoms with E-state index in [9.17, 15) is 14.4 Å². The number of carbonyl (C=O) groups is 3. The first-order chi connectivity index (χ1) is 22.4. The van der Waals surface area contributed by atoms with E-state index in [0.717, 1.165) is 37.2 Å². The Labute approximate surface area is 273 Å². The highest BCUT2D eigenvalue weighted by atomic mass is 35.5. The van der Waals surface area contributed by atoms with E-state index in [1.54, 1.807) is 10.9 Å². The zero-order valence-corrected chi connectivity index (χ0v) is 26.7. The molecule has 0 saturated carbocycles. The van der Waals surface area contributed by atoms with Crippen LogP contribution >= 0.6 is 11.6 Å². The van der Waals surface area contributed by atoms with Gasteiger partial charge in [-0.05, 0) is 74.8 Å². The number of fused-ring (bicyclic) bond motifs is 2. The second-order valence-corrected chi connectivity index (χ2v) is 13.2. The number of hydrogen-bond donors (Lipinski definition) is 2. The van der Waals surface area contributed by atoms with Gasteiger partial charge in [0.05, 0.1) is 12.6 Å². The number of anilines is 1. The monoisotopic (exact) mass is 648 g/mol. The van der Waals surface area contributed by atoms with E-state index in [0.29, 0.717) is 62.8 Å². The van der Waals surface area contributed by atoms with E-state index >= 15 is 0 Å². The number of hydrogen-bond acceptors (Lipinski definition) is 8. The molecule has 3 saturated heterocycles. The van der Waals surface area contributed by atoms with Crippen LogP contribution in [0.3, 0.4) is 0 Å². The summed E-state index contributed by atoms with van der Waals surface area (Å²) in [5.41, 5.74) is 6.18. The Hall–Kier alpha value is -3.97. The van der Waals surface area contributed by atoms with Crippen molar-refractivity contribution in [3.8, 4) is 0 Å². The number of piperidine rings is 3. The van der Waals surface area contributed by atoms with Crippen molar-refractivity contribution in [2.75, 3.05) is 50.0 Å². The minimum Gasteiger partial charge on any atom is -0.342 e. The van der Waals surface area contributed by atoms with Crippen molar-refractivity contribution in [2.45, 2.75) is 76.0 Å². The van der Waals surface area contributed by atoms with Crippen LogP contribution in [0, 0.1) is 0 Å². The second-order valence-electron chi connectivity index (χ2n) is 12.8. The van der Waals surface area contributed by atoms with Crippen LogP contribution in [0.15, 0.2) is 36.8 Å². The van der Waals surface area contributed by atoms with Gasteiger partial charge in [0.2, 0.25) is 17.1 Å². The van der Waals surface area contributed by atoms with Crippen molar-refractivity contribution in [1.29, 1.82) is 0 Å². The number of rotatable bonds is 7. The van der Waals surface area contributed by atoms with Crippen LogP contribution in [0.5, 0.6) is 0 Å². The molecule has 13 nitrogen and oxygen atoms in total. The molecule has 7 rings (SSSR count). The molecule has 2 aromatic heterocycles. The third kappa shape index (κ3) is 6.48. The Morgan fingerprint density at radius 1 is 0.935 bits per heavy atom. The molecule has 0 radical (unpaired) electrons. The second kappa shape index (κ2) is 13.4. The Bertz CT molecular complexity index is 1580. The number of urea groups is 1. The lowest BCUT2D eigenvalue weighted by atomic mass is 9.98. The minimum atomic E-state index is -0.797. The molecular weight excluding hydrogens is 608 g/mol. The Morgan fingerprint density at radius 2 is 1.65 bits per heavy atom. The summed E-state index contributed by atoms with van der Waals surface area (Å²) >= 11 is 5.97. The van der Waals surface area contributed by atoms with E-state index in [-0.39, 0.29) is 35.6 Å². The SMILES string of the molecule is O=C(CC(Nn1cnc2nc(Cl)ncc21)C(=O)N1CCC(N2CCCCC2)CC1)N1CCC(N2Cc3ccccc3NC2=O)CC1. The molecular formula is C32H41ClN10O3. The summed E-state index contributed by atoms with van der Waals surface area (Å²) in [6, 6.07) is 7.50. The lowest BCUT2D eigenvalue weighted by molar-refractivity contribution is -0.139. The molecule has 2 N–H and O–H groups in total. The van der Waals surface area contributed by atoms with Crippen LogP contribution in [-0.4, -0.2) is 114 Å². The molecule has 14 heteroatoms. The predicted octanol–water partition coefficient (Wildman–Crippen LogP) is 3.30. The quantitative estimate of drug-likeness (QED) is 0.373. The van der Waals surface area contributed by atoms with Gasteiger partial charge in [0.25, 0.3) is 0 Å². The molecule has 0 bridgehead atoms. The summed E-state index contributed by atoms with van der Waals surface area (Å²) in [4.78, 5) is 61.4. The topological polar surface area (TPSA) is 132 Å². The summed E-state index contributed by atoms with van der Waals surface area (Å²) in [7, 11) is 0. The molecule has 4 aliphatic heterocycles. The van der Waals surface area contributed by atoms with Gasteiger partial charge in [-0.3, -0.25) is 9.59 Å². The summed E-state index contributed by atoms with van der Waals surface area (Å²) in [5.74, 6) is -0.189. The molecule has 1 atom stereocenters. The third-order valence-corrected chi connectivity index (χ3v) is 10.2. The lowest BCUT2D eigenvalue weighted by Crippen LogP contribution is -2.54. The molecule has 244 valence electrons. The molecule has 6 heterocycles. The van der Waals surface area contributed by atoms with Crippen LogP contribution in [0.4, 0.5) is 10.5 Å². The number of para-hydroxylation sites is 1. The number of halogens is 1. The Balaban J connectivity index is 1.01. The molecule has 1 unspecified atom stereocenters. The molecule has 46 heavy (non-hydrogen) atoms. The van der Waals surface area contributed by atoms with Crippen LogP contribution in [0.25, 0.3) is 11.2 Å². The number of carbonyl (C=O) groups excluding carboxylic acids is 3. The van der Waals surface area contributed by atoms with Crippen LogP contribution in [0.1, 0.15) is 56.9 Å². The fourth-order valence-electron chi connectivity index (χ4n) is 7.45. The van der Waals surface area contributed by atoms with E-state index < -0.39 is 6.04 Å². The van der Waals surface area contributed by atoms with Crippen molar-refractivity contribution in [3.05, 3.63) is 47.6 Å². The standard InChI is InChI=1S/C32H41ClN10O3/c33-31-34-19-27-29(37-31)35-21-43(27)38-26(30(45)41-16-8-23(9-17-41)39-12-4-1-5-13-39)18-28(44)40-14-10-24(11-15-40)42-20-22-6-2-3-7-25(22)36-32(42)46/h2-3,6-7,19,21,23-24,26,38H,1,4-5,8-18,20H2,(H,36,46). The molecule has 0 spiro atoms. The first-order valence-electron chi connectivity index (χ1n) is 16.5. The number of amides is 4. The van der Waals surface area contributed by atoms with Crippen LogP contribution in [-0.2, 0) is 16.1 Å². The molecule has 4 aliphatic rings. The van der Waals surface area contributed by atoms with Gasteiger partial charge in [0.1, 0.15) is 17.9 Å². The Kier molecular flexibility index (Phi) is 8.94. The van der Waals surface area contributed by atoms with E-state index in [4.69, 9.17) is 11.6 Å². The zero-order valence-electron chi connectivity index (χ0n) is 26.0. The minimum absolute atomic E-state index is 0.00124. The average Bonchev–Trinajstić information content (AvgIpc) is 3.49. The van der Waals surface area contributed by atoms with Gasteiger partial charge in [-0.15, -0.1) is 0 Å². The molecule has 0 aliphatic carbocycles. The van der Waals surface area contributed by atoms with Gasteiger partial charge in [-0.25, -0.2) is 19.4 Å². The smallest absolute Gasteiger partial charge is 0.322 e. The molecule has 3 fully saturated rings. The highest BCUT2D eigenvalue weighted by Crippen LogP contribution is 2.28. The lowest BCUT2D eigenvalue weighted by Gasteiger charge is -2.41. The van der Waals surface area contributed by atoms with Gasteiger partial charge in [-0.1, -0.05) is 24.6 Å². The molecule has 3 aromatic rings. The van der Waals surface area contributed by atoms with Crippen molar-refractivity contribution in [3.63, 3.8) is 0 Å². The number of nitrogens with zero attached hydrogens (tertiary/aromatic N) is 8. The van der Waals surface area contributed by atoms with E-state index in [1.165, 1.54) is 25.6 Å². The molecule has 4 amide bonds. The summed E-state index contributed by atoms with van der Waals surface area (Å²) in [6.45, 7) is 5.23. The van der Waals surface area contributed by atoms with Crippen molar-refractivity contribution >= 4 is 46.3 Å². The number of likely N-dealkylation sites (tertiary alicyclic amines) is 3. The average molecular weight is 649 g/mol. The van der Waals surface area contributed by atoms with Crippen molar-refractivity contribution in [1.82, 2.24) is 39.2 Å². The maximum absolute atomic E-state index is 14.1. The maximum Gasteiger partial charge on any atom is 0.322 e. The fraction of sp³-hybridized carbons (Fsp3) is 0.562. The van der Waals surface area contributed by atoms with Crippen molar-refractivity contribution < 1.29 is 14.4 Å². The van der Waals surface area contributed by atoms with Crippen LogP contribution in [0.2, 0.25) is 5.28 Å². The summed E-state index contributed by atoms with van der Waals surface area (Å²) < 4.78 is 1.61. The highest BCUT2D eigenvalue weighted by molar-refractivity contribution is 6.28. The number of imidazole rings is 1. The Morgan fingerprint density at radius 3 is 2.43 bits per heavy atom. The zero-order chi connectivity index (χ0) is 31.6. The largest absolute Gasteiger partial charge is 0.342 e. The highest BCUT2D eigenvalue weighted by Gasteiger charge is 2.36. The van der Waals surface area contributed by atoms with Gasteiger partial charge in [0, 0.05) is 50.5 Å². The summed E-state index contributed by atoms with van der Waals surface area (Å²) in [5, 5.41) is 3.09. The predicted molar refractivity (Wildman–Crippen MR) is 174 cm³/mol. The first-order valence-corrected chi connectivity index (χ1v) is 16.9. The fourth-order valence-corrected chi connectivity index (χ4v) is 7.58. The number of nitrogens with one attached hydrogen (secondary N) is 2. The number of aromatic nitrogens is 4. The third-order valence-electron chi connectivity index (χ3n) is 10.0. The molecule has 1 aromatic carbocycles. The van der Waals surface area contributed by atoms with E-state index in [2.05, 4.69) is 30.6 Å². The maximum atomic E-state index is 14.1.